The summed E-state index contributed by atoms with van der Waals surface area (Å²) < 4.78 is 16.2. The molecule has 1 aromatic rings. The fourth-order valence-electron chi connectivity index (χ4n) is 2.39. The Morgan fingerprint density at radius 1 is 1.22 bits per heavy atom. The van der Waals surface area contributed by atoms with Crippen LogP contribution in [0, 0.1) is 5.92 Å². The lowest BCUT2D eigenvalue weighted by Gasteiger charge is -2.23. The van der Waals surface area contributed by atoms with Gasteiger partial charge in [-0.15, -0.1) is 0 Å². The van der Waals surface area contributed by atoms with Crippen LogP contribution in [0.25, 0.3) is 0 Å². The molecule has 0 radical (unpaired) electrons. The average molecular weight is 251 g/mol. The van der Waals surface area contributed by atoms with E-state index in [-0.39, 0.29) is 12.1 Å². The van der Waals surface area contributed by atoms with Crippen LogP contribution in [0.1, 0.15) is 24.9 Å². The van der Waals surface area contributed by atoms with E-state index in [1.165, 1.54) is 0 Å². The van der Waals surface area contributed by atoms with Crippen LogP contribution in [0.3, 0.4) is 0 Å². The van der Waals surface area contributed by atoms with Crippen molar-refractivity contribution in [3.8, 4) is 11.5 Å². The van der Waals surface area contributed by atoms with E-state index >= 15 is 0 Å². The minimum absolute atomic E-state index is 0.0711. The maximum atomic E-state index is 6.30. The van der Waals surface area contributed by atoms with E-state index in [1.54, 1.807) is 14.2 Å². The molecule has 3 atom stereocenters. The predicted molar refractivity (Wildman–Crippen MR) is 70.0 cm³/mol. The quantitative estimate of drug-likeness (QED) is 0.890. The number of methoxy groups -OCH3 is 2. The van der Waals surface area contributed by atoms with E-state index < -0.39 is 0 Å². The summed E-state index contributed by atoms with van der Waals surface area (Å²) in [5.41, 5.74) is 7.29. The second-order valence-corrected chi connectivity index (χ2v) is 4.77. The molecule has 0 amide bonds. The van der Waals surface area contributed by atoms with Crippen molar-refractivity contribution in [1.82, 2.24) is 0 Å². The molecule has 100 valence electrons. The number of ether oxygens (including phenoxy) is 3. The molecule has 4 nitrogen and oxygen atoms in total. The molecule has 0 spiro atoms. The van der Waals surface area contributed by atoms with Crippen molar-refractivity contribution in [2.75, 3.05) is 20.8 Å². The molecule has 2 N–H and O–H groups in total. The summed E-state index contributed by atoms with van der Waals surface area (Å²) in [5.74, 6) is 1.99. The van der Waals surface area contributed by atoms with Gasteiger partial charge in [-0.05, 0) is 30.0 Å². The summed E-state index contributed by atoms with van der Waals surface area (Å²) in [7, 11) is 3.28. The summed E-state index contributed by atoms with van der Waals surface area (Å²) in [6, 6.07) is 5.59. The van der Waals surface area contributed by atoms with Crippen LogP contribution < -0.4 is 15.2 Å². The molecule has 18 heavy (non-hydrogen) atoms. The number of hydrogen-bond donors (Lipinski definition) is 1. The lowest BCUT2D eigenvalue weighted by atomic mass is 9.93. The summed E-state index contributed by atoms with van der Waals surface area (Å²) in [4.78, 5) is 0. The lowest BCUT2D eigenvalue weighted by Crippen LogP contribution is -2.29. The molecule has 4 heteroatoms. The first kappa shape index (κ1) is 13.2. The zero-order chi connectivity index (χ0) is 13.1. The largest absolute Gasteiger partial charge is 0.497 e. The zero-order valence-electron chi connectivity index (χ0n) is 11.2. The third-order valence-corrected chi connectivity index (χ3v) is 3.56. The lowest BCUT2D eigenvalue weighted by molar-refractivity contribution is 0.0724. The summed E-state index contributed by atoms with van der Waals surface area (Å²) in [6.07, 6.45) is 1.14. The first-order chi connectivity index (χ1) is 8.65. The van der Waals surface area contributed by atoms with Gasteiger partial charge in [-0.3, -0.25) is 0 Å². The van der Waals surface area contributed by atoms with Gasteiger partial charge in [0.15, 0.2) is 0 Å². The fraction of sp³-hybridized carbons (Fsp3) is 0.571. The number of nitrogens with two attached hydrogens (primary N) is 1. The fourth-order valence-corrected chi connectivity index (χ4v) is 2.39. The molecule has 0 aromatic heterocycles. The van der Waals surface area contributed by atoms with Crippen molar-refractivity contribution in [1.29, 1.82) is 0 Å². The van der Waals surface area contributed by atoms with Crippen LogP contribution in [0.15, 0.2) is 18.2 Å². The Kier molecular flexibility index (Phi) is 4.09. The van der Waals surface area contributed by atoms with Gasteiger partial charge in [-0.1, -0.05) is 6.92 Å². The Bertz CT molecular complexity index is 386. The van der Waals surface area contributed by atoms with Crippen molar-refractivity contribution in [3.63, 3.8) is 0 Å². The average Bonchev–Trinajstić information content (AvgIpc) is 2.83. The van der Waals surface area contributed by atoms with Crippen molar-refractivity contribution >= 4 is 0 Å². The highest BCUT2D eigenvalue weighted by molar-refractivity contribution is 5.40. The first-order valence-electron chi connectivity index (χ1n) is 6.26. The van der Waals surface area contributed by atoms with E-state index in [0.717, 1.165) is 30.1 Å². The molecule has 1 aliphatic heterocycles. The van der Waals surface area contributed by atoms with Crippen LogP contribution in [-0.2, 0) is 4.74 Å². The summed E-state index contributed by atoms with van der Waals surface area (Å²) in [5, 5.41) is 0. The highest BCUT2D eigenvalue weighted by atomic mass is 16.5. The Labute approximate surface area is 108 Å². The Morgan fingerprint density at radius 2 is 1.83 bits per heavy atom. The van der Waals surface area contributed by atoms with E-state index in [9.17, 15) is 0 Å². The van der Waals surface area contributed by atoms with Gasteiger partial charge in [0.25, 0.3) is 0 Å². The molecule has 1 fully saturated rings. The molecule has 0 bridgehead atoms. The highest BCUT2D eigenvalue weighted by Crippen LogP contribution is 2.33. The van der Waals surface area contributed by atoms with Crippen molar-refractivity contribution < 1.29 is 14.2 Å². The molecule has 1 aliphatic rings. The van der Waals surface area contributed by atoms with Gasteiger partial charge in [0.2, 0.25) is 0 Å². The van der Waals surface area contributed by atoms with E-state index in [4.69, 9.17) is 19.9 Å². The first-order valence-corrected chi connectivity index (χ1v) is 6.26. The van der Waals surface area contributed by atoms with Crippen LogP contribution in [0.5, 0.6) is 11.5 Å². The van der Waals surface area contributed by atoms with Crippen molar-refractivity contribution in [2.24, 2.45) is 11.7 Å². The zero-order valence-corrected chi connectivity index (χ0v) is 11.2. The minimum atomic E-state index is -0.147. The van der Waals surface area contributed by atoms with E-state index in [2.05, 4.69) is 6.92 Å². The van der Waals surface area contributed by atoms with Crippen LogP contribution in [0.4, 0.5) is 0 Å². The van der Waals surface area contributed by atoms with Gasteiger partial charge < -0.3 is 19.9 Å². The smallest absolute Gasteiger partial charge is 0.122 e. The van der Waals surface area contributed by atoms with Gasteiger partial charge in [0.1, 0.15) is 11.5 Å². The van der Waals surface area contributed by atoms with E-state index in [1.807, 2.05) is 18.2 Å². The minimum Gasteiger partial charge on any atom is -0.497 e. The SMILES string of the molecule is COc1cc(OC)cc(C(N)C2OCCC2C)c1. The molecule has 0 saturated carbocycles. The van der Waals surface area contributed by atoms with Gasteiger partial charge in [-0.25, -0.2) is 0 Å². The Balaban J connectivity index is 2.25. The van der Waals surface area contributed by atoms with Crippen molar-refractivity contribution in [3.05, 3.63) is 23.8 Å². The maximum absolute atomic E-state index is 6.30. The molecule has 1 aromatic carbocycles. The predicted octanol–water partition coefficient (Wildman–Crippen LogP) is 2.13. The number of hydrogen-bond acceptors (Lipinski definition) is 4. The topological polar surface area (TPSA) is 53.7 Å². The normalized spacial score (nSPS) is 24.9. The Hall–Kier alpha value is -1.26. The van der Waals surface area contributed by atoms with Crippen LogP contribution >= 0.6 is 0 Å². The third kappa shape index (κ3) is 2.60. The Morgan fingerprint density at radius 3 is 2.28 bits per heavy atom. The highest BCUT2D eigenvalue weighted by Gasteiger charge is 2.31. The van der Waals surface area contributed by atoms with Gasteiger partial charge in [0.05, 0.1) is 26.4 Å². The van der Waals surface area contributed by atoms with Crippen LogP contribution in [0.2, 0.25) is 0 Å². The molecule has 1 saturated heterocycles. The number of benzene rings is 1. The molecular weight excluding hydrogens is 230 g/mol. The monoisotopic (exact) mass is 251 g/mol. The second kappa shape index (κ2) is 5.59. The van der Waals surface area contributed by atoms with Crippen molar-refractivity contribution in [2.45, 2.75) is 25.5 Å². The maximum Gasteiger partial charge on any atom is 0.122 e. The molecule has 3 unspecified atom stereocenters. The number of rotatable bonds is 4. The summed E-state index contributed by atoms with van der Waals surface area (Å²) >= 11 is 0. The molecular formula is C14H21NO3. The summed E-state index contributed by atoms with van der Waals surface area (Å²) in [6.45, 7) is 2.97. The van der Waals surface area contributed by atoms with Gasteiger partial charge in [-0.2, -0.15) is 0 Å². The third-order valence-electron chi connectivity index (χ3n) is 3.56. The van der Waals surface area contributed by atoms with Gasteiger partial charge in [0, 0.05) is 12.7 Å². The van der Waals surface area contributed by atoms with E-state index in [0.29, 0.717) is 5.92 Å². The molecule has 0 aliphatic carbocycles. The molecule has 2 rings (SSSR count). The standard InChI is InChI=1S/C14H21NO3/c1-9-4-5-18-14(9)13(15)10-6-11(16-2)8-12(7-10)17-3/h6-9,13-14H,4-5,15H2,1-3H3. The van der Waals surface area contributed by atoms with Crippen LogP contribution in [-0.4, -0.2) is 26.9 Å². The van der Waals surface area contributed by atoms with Gasteiger partial charge >= 0.3 is 0 Å². The second-order valence-electron chi connectivity index (χ2n) is 4.77. The molecule has 1 heterocycles.